The van der Waals surface area contributed by atoms with Gasteiger partial charge in [0, 0.05) is 10.0 Å². The van der Waals surface area contributed by atoms with Gasteiger partial charge in [-0.3, -0.25) is 0 Å². The average molecular weight is 606 g/mol. The van der Waals surface area contributed by atoms with E-state index >= 15 is 0 Å². The summed E-state index contributed by atoms with van der Waals surface area (Å²) in [6.45, 7) is 2.43. The third kappa shape index (κ3) is 5.34. The van der Waals surface area contributed by atoms with E-state index in [9.17, 15) is 4.79 Å². The summed E-state index contributed by atoms with van der Waals surface area (Å²) < 4.78 is 13.9. The van der Waals surface area contributed by atoms with Crippen LogP contribution < -0.4 is 4.74 Å². The normalized spacial score (nSPS) is 14.5. The van der Waals surface area contributed by atoms with Gasteiger partial charge < -0.3 is 9.47 Å². The van der Waals surface area contributed by atoms with Crippen molar-refractivity contribution in [2.45, 2.75) is 13.5 Å². The molecule has 1 aliphatic heterocycles. The van der Waals surface area contributed by atoms with Gasteiger partial charge in [-0.1, -0.05) is 45.8 Å². The maximum Gasteiger partial charge on any atom is 0.363 e. The Morgan fingerprint density at radius 2 is 1.61 bits per heavy atom. The zero-order valence-corrected chi connectivity index (χ0v) is 21.1. The van der Waals surface area contributed by atoms with Gasteiger partial charge in [-0.15, -0.1) is 0 Å². The predicted molar refractivity (Wildman–Crippen MR) is 132 cm³/mol. The molecule has 0 unspecified atom stereocenters. The average Bonchev–Trinajstić information content (AvgIpc) is 3.09. The maximum absolute atomic E-state index is 12.3. The van der Waals surface area contributed by atoms with E-state index in [0.29, 0.717) is 18.3 Å². The maximum atomic E-state index is 12.3. The number of nitrogens with zero attached hydrogens (tertiary/aromatic N) is 1. The number of esters is 1. The lowest BCUT2D eigenvalue weighted by atomic mass is 10.1. The smallest absolute Gasteiger partial charge is 0.363 e. The van der Waals surface area contributed by atoms with Crippen LogP contribution in [0.1, 0.15) is 22.3 Å². The molecule has 31 heavy (non-hydrogen) atoms. The highest BCUT2D eigenvalue weighted by molar-refractivity contribution is 9.11. The lowest BCUT2D eigenvalue weighted by Crippen LogP contribution is -2.05. The van der Waals surface area contributed by atoms with Gasteiger partial charge in [-0.05, 0) is 92.4 Å². The minimum atomic E-state index is -0.474. The van der Waals surface area contributed by atoms with E-state index in [-0.39, 0.29) is 5.70 Å². The summed E-state index contributed by atoms with van der Waals surface area (Å²) in [5, 5.41) is 0. The Morgan fingerprint density at radius 3 is 2.26 bits per heavy atom. The molecule has 0 radical (unpaired) electrons. The number of aliphatic imine (C=N–C) groups is 1. The summed E-state index contributed by atoms with van der Waals surface area (Å²) in [5.41, 5.74) is 3.98. The Morgan fingerprint density at radius 1 is 0.968 bits per heavy atom. The summed E-state index contributed by atoms with van der Waals surface area (Å²) in [4.78, 5) is 16.7. The van der Waals surface area contributed by atoms with Crippen LogP contribution in [0.5, 0.6) is 5.75 Å². The summed E-state index contributed by atoms with van der Waals surface area (Å²) in [7, 11) is 0. The molecule has 0 saturated carbocycles. The van der Waals surface area contributed by atoms with Crippen molar-refractivity contribution in [3.05, 3.63) is 102 Å². The quantitative estimate of drug-likeness (QED) is 0.228. The number of carbonyl (C=O) groups excluding carboxylic acids is 1. The molecular formula is C24H16Br3NO3. The molecule has 0 atom stereocenters. The molecule has 0 amide bonds. The number of ether oxygens (including phenoxy) is 2. The molecule has 7 heteroatoms. The number of halogens is 3. The van der Waals surface area contributed by atoms with Crippen LogP contribution in [0.2, 0.25) is 0 Å². The highest BCUT2D eigenvalue weighted by atomic mass is 79.9. The molecule has 0 spiro atoms. The van der Waals surface area contributed by atoms with Crippen LogP contribution >= 0.6 is 47.8 Å². The second kappa shape index (κ2) is 9.51. The van der Waals surface area contributed by atoms with Crippen molar-refractivity contribution in [1.29, 1.82) is 0 Å². The molecule has 4 nitrogen and oxygen atoms in total. The molecule has 0 bridgehead atoms. The zero-order valence-electron chi connectivity index (χ0n) is 16.4. The number of hydrogen-bond acceptors (Lipinski definition) is 4. The number of rotatable bonds is 5. The first kappa shape index (κ1) is 22.0. The van der Waals surface area contributed by atoms with Crippen molar-refractivity contribution >= 4 is 65.7 Å². The second-order valence-electron chi connectivity index (χ2n) is 6.93. The monoisotopic (exact) mass is 603 g/mol. The molecule has 0 aromatic heterocycles. The van der Waals surface area contributed by atoms with Crippen LogP contribution in [0.15, 0.2) is 84.8 Å². The van der Waals surface area contributed by atoms with E-state index in [4.69, 9.17) is 9.47 Å². The van der Waals surface area contributed by atoms with Gasteiger partial charge in [0.05, 0.1) is 8.95 Å². The van der Waals surface area contributed by atoms with Crippen LogP contribution in [0.3, 0.4) is 0 Å². The Balaban J connectivity index is 1.54. The summed E-state index contributed by atoms with van der Waals surface area (Å²) >= 11 is 10.5. The van der Waals surface area contributed by atoms with Crippen molar-refractivity contribution in [1.82, 2.24) is 0 Å². The minimum Gasteiger partial charge on any atom is -0.487 e. The topological polar surface area (TPSA) is 47.9 Å². The van der Waals surface area contributed by atoms with Gasteiger partial charge in [0.1, 0.15) is 12.4 Å². The van der Waals surface area contributed by atoms with Crippen LogP contribution in [0, 0.1) is 6.92 Å². The molecule has 1 heterocycles. The summed E-state index contributed by atoms with van der Waals surface area (Å²) in [6.07, 6.45) is 1.69. The molecule has 1 aliphatic rings. The van der Waals surface area contributed by atoms with Crippen LogP contribution in [-0.2, 0) is 16.1 Å². The van der Waals surface area contributed by atoms with Gasteiger partial charge in [0.15, 0.2) is 5.70 Å². The zero-order chi connectivity index (χ0) is 22.0. The van der Waals surface area contributed by atoms with Gasteiger partial charge >= 0.3 is 5.97 Å². The minimum absolute atomic E-state index is 0.248. The Labute approximate surface area is 205 Å². The Hall–Kier alpha value is -2.22. The highest BCUT2D eigenvalue weighted by Gasteiger charge is 2.24. The molecule has 4 rings (SSSR count). The fraction of sp³-hybridized carbons (Fsp3) is 0.0833. The van der Waals surface area contributed by atoms with Gasteiger partial charge in [0.2, 0.25) is 5.90 Å². The van der Waals surface area contributed by atoms with Crippen LogP contribution in [0.25, 0.3) is 6.08 Å². The van der Waals surface area contributed by atoms with E-state index in [1.807, 2.05) is 67.6 Å². The predicted octanol–water partition coefficient (Wildman–Crippen LogP) is 7.21. The number of hydrogen-bond donors (Lipinski definition) is 0. The van der Waals surface area contributed by atoms with Crippen molar-refractivity contribution < 1.29 is 14.3 Å². The third-order valence-corrected chi connectivity index (χ3v) is 6.25. The molecule has 3 aromatic carbocycles. The van der Waals surface area contributed by atoms with Gasteiger partial charge in [-0.25, -0.2) is 9.79 Å². The molecule has 156 valence electrons. The number of cyclic esters (lactones) is 1. The SMILES string of the molecule is Cc1ccc(C2=N/C(=C\c3cc(Br)c(OCc4ccc(Br)cc4)c(Br)c3)C(=O)O2)cc1. The van der Waals surface area contributed by atoms with Crippen LogP contribution in [0.4, 0.5) is 0 Å². The largest absolute Gasteiger partial charge is 0.487 e. The summed E-state index contributed by atoms with van der Waals surface area (Å²) in [6, 6.07) is 19.4. The summed E-state index contributed by atoms with van der Waals surface area (Å²) in [5.74, 6) is 0.519. The fourth-order valence-corrected chi connectivity index (χ4v) is 4.64. The number of carbonyl (C=O) groups is 1. The first-order chi connectivity index (χ1) is 14.9. The first-order valence-corrected chi connectivity index (χ1v) is 11.7. The molecule has 0 aliphatic carbocycles. The van der Waals surface area contributed by atoms with E-state index in [0.717, 1.165) is 35.7 Å². The van der Waals surface area contributed by atoms with Gasteiger partial charge in [0.25, 0.3) is 0 Å². The fourth-order valence-electron chi connectivity index (χ4n) is 2.92. The van der Waals surface area contributed by atoms with Crippen molar-refractivity contribution in [2.75, 3.05) is 0 Å². The molecule has 0 fully saturated rings. The second-order valence-corrected chi connectivity index (χ2v) is 9.56. The van der Waals surface area contributed by atoms with E-state index in [2.05, 4.69) is 52.8 Å². The standard InChI is InChI=1S/C24H16Br3NO3/c1-14-2-6-17(7-3-14)23-28-21(24(29)31-23)12-16-10-19(26)22(20(27)11-16)30-13-15-4-8-18(25)9-5-15/h2-12H,13H2,1H3/b21-12-. The lowest BCUT2D eigenvalue weighted by molar-refractivity contribution is -0.129. The van der Waals surface area contributed by atoms with E-state index < -0.39 is 5.97 Å². The van der Waals surface area contributed by atoms with Crippen molar-refractivity contribution in [3.63, 3.8) is 0 Å². The van der Waals surface area contributed by atoms with Crippen LogP contribution in [-0.4, -0.2) is 11.9 Å². The highest BCUT2D eigenvalue weighted by Crippen LogP contribution is 2.36. The third-order valence-electron chi connectivity index (χ3n) is 4.54. The molecule has 3 aromatic rings. The molecular weight excluding hydrogens is 590 g/mol. The van der Waals surface area contributed by atoms with Gasteiger partial charge in [-0.2, -0.15) is 0 Å². The Kier molecular flexibility index (Phi) is 6.74. The first-order valence-electron chi connectivity index (χ1n) is 9.35. The molecule has 0 N–H and O–H groups in total. The van der Waals surface area contributed by atoms with E-state index in [1.165, 1.54) is 0 Å². The van der Waals surface area contributed by atoms with E-state index in [1.54, 1.807) is 6.08 Å². The molecule has 0 saturated heterocycles. The van der Waals surface area contributed by atoms with Crippen molar-refractivity contribution in [2.24, 2.45) is 4.99 Å². The number of benzene rings is 3. The van der Waals surface area contributed by atoms with Crippen molar-refractivity contribution in [3.8, 4) is 5.75 Å². The number of aryl methyl sites for hydroxylation is 1. The Bertz CT molecular complexity index is 1180. The lowest BCUT2D eigenvalue weighted by Gasteiger charge is -2.11.